The molecule has 0 saturated heterocycles. The van der Waals surface area contributed by atoms with Gasteiger partial charge in [-0.2, -0.15) is 0 Å². The summed E-state index contributed by atoms with van der Waals surface area (Å²) in [6.07, 6.45) is 0. The second-order valence-electron chi connectivity index (χ2n) is 10.2. The Morgan fingerprint density at radius 1 is 0.741 bits per heavy atom. The molecule has 0 spiro atoms. The van der Waals surface area contributed by atoms with Crippen molar-refractivity contribution in [3.63, 3.8) is 0 Å². The van der Waals surface area contributed by atoms with E-state index >= 15 is 0 Å². The molecule has 1 aromatic rings. The van der Waals surface area contributed by atoms with Gasteiger partial charge in [0.1, 0.15) is 0 Å². The van der Waals surface area contributed by atoms with Crippen LogP contribution < -0.4 is 3.87 Å². The SMILES string of the molecule is CC1=C(C)C(C)(C)[C]([Ti][c]2c(C(C)(C)C)cccc2C(C)(C)C)=C1C.Cl.Cl. The summed E-state index contributed by atoms with van der Waals surface area (Å²) < 4.78 is 3.40. The summed E-state index contributed by atoms with van der Waals surface area (Å²) >= 11 is -0.370. The zero-order valence-electron chi connectivity index (χ0n) is 19.0. The molecule has 3 heteroatoms. The van der Waals surface area contributed by atoms with Gasteiger partial charge >= 0.3 is 165 Å². The van der Waals surface area contributed by atoms with Gasteiger partial charge in [-0.15, -0.1) is 24.8 Å². The number of hydrogen-bond acceptors (Lipinski definition) is 0. The zero-order chi connectivity index (χ0) is 19.4. The first-order valence-corrected chi connectivity index (χ1v) is 11.1. The van der Waals surface area contributed by atoms with Crippen LogP contribution in [0, 0.1) is 5.41 Å². The molecule has 0 heterocycles. The van der Waals surface area contributed by atoms with Gasteiger partial charge in [-0.1, -0.05) is 0 Å². The molecule has 0 bridgehead atoms. The molecular weight excluding hydrogens is 407 g/mol. The fourth-order valence-corrected chi connectivity index (χ4v) is 7.51. The van der Waals surface area contributed by atoms with Crippen LogP contribution in [0.25, 0.3) is 0 Å². The van der Waals surface area contributed by atoms with Crippen LogP contribution in [0.3, 0.4) is 0 Å². The Morgan fingerprint density at radius 2 is 1.15 bits per heavy atom. The van der Waals surface area contributed by atoms with Crippen LogP contribution in [0.1, 0.15) is 87.3 Å². The Labute approximate surface area is 189 Å². The molecule has 0 N–H and O–H groups in total. The Balaban J connectivity index is 0.00000338. The van der Waals surface area contributed by atoms with E-state index in [9.17, 15) is 0 Å². The predicted molar refractivity (Wildman–Crippen MR) is 123 cm³/mol. The first-order chi connectivity index (χ1) is 11.2. The average molecular weight is 445 g/mol. The van der Waals surface area contributed by atoms with Crippen LogP contribution in [0.15, 0.2) is 38.8 Å². The third-order valence-corrected chi connectivity index (χ3v) is 9.18. The van der Waals surface area contributed by atoms with E-state index in [4.69, 9.17) is 0 Å². The molecule has 0 radical (unpaired) electrons. The molecule has 2 rings (SSSR count). The number of benzene rings is 1. The maximum Gasteiger partial charge on any atom is -0.147 e. The predicted octanol–water partition coefficient (Wildman–Crippen LogP) is 7.48. The molecule has 1 aromatic carbocycles. The summed E-state index contributed by atoms with van der Waals surface area (Å²) in [5.74, 6) is 0. The van der Waals surface area contributed by atoms with Crippen molar-refractivity contribution in [2.75, 3.05) is 0 Å². The minimum absolute atomic E-state index is 0. The van der Waals surface area contributed by atoms with Gasteiger partial charge in [-0.25, -0.2) is 0 Å². The summed E-state index contributed by atoms with van der Waals surface area (Å²) in [7, 11) is 0. The normalized spacial score (nSPS) is 16.9. The van der Waals surface area contributed by atoms with Gasteiger partial charge in [-0.3, -0.25) is 0 Å². The van der Waals surface area contributed by atoms with Crippen molar-refractivity contribution in [1.82, 2.24) is 0 Å². The molecule has 0 saturated carbocycles. The fourth-order valence-electron chi connectivity index (χ4n) is 3.91. The molecule has 1 aliphatic rings. The topological polar surface area (TPSA) is 0 Å². The molecule has 0 aliphatic heterocycles. The summed E-state index contributed by atoms with van der Waals surface area (Å²) in [6, 6.07) is 7.02. The fraction of sp³-hybridized carbons (Fsp3) is 0.583. The Morgan fingerprint density at radius 3 is 1.44 bits per heavy atom. The van der Waals surface area contributed by atoms with E-state index in [-0.39, 0.29) is 60.2 Å². The number of halogens is 2. The van der Waals surface area contributed by atoms with Gasteiger partial charge < -0.3 is 0 Å². The minimum atomic E-state index is -0.370. The third kappa shape index (κ3) is 5.13. The molecule has 0 amide bonds. The van der Waals surface area contributed by atoms with Crippen molar-refractivity contribution in [2.24, 2.45) is 5.41 Å². The van der Waals surface area contributed by atoms with Crippen LogP contribution in [-0.2, 0) is 30.0 Å². The van der Waals surface area contributed by atoms with Crippen molar-refractivity contribution >= 4 is 28.7 Å². The summed E-state index contributed by atoms with van der Waals surface area (Å²) in [4.78, 5) is 0. The Bertz CT molecular complexity index is 721. The summed E-state index contributed by atoms with van der Waals surface area (Å²) in [5, 5.41) is 0. The van der Waals surface area contributed by atoms with Crippen LogP contribution in [0.4, 0.5) is 0 Å². The monoisotopic (exact) mass is 444 g/mol. The number of rotatable bonds is 2. The minimum Gasteiger partial charge on any atom is -0.147 e. The van der Waals surface area contributed by atoms with Gasteiger partial charge in [0.25, 0.3) is 0 Å². The maximum atomic E-state index is 2.43. The van der Waals surface area contributed by atoms with Crippen molar-refractivity contribution in [2.45, 2.75) is 87.0 Å². The molecule has 0 nitrogen and oxygen atoms in total. The van der Waals surface area contributed by atoms with E-state index < -0.39 is 0 Å². The molecule has 0 atom stereocenters. The van der Waals surface area contributed by atoms with E-state index in [2.05, 4.69) is 94.4 Å². The van der Waals surface area contributed by atoms with Crippen LogP contribution in [0.5, 0.6) is 0 Å². The van der Waals surface area contributed by atoms with E-state index in [1.54, 1.807) is 30.0 Å². The first-order valence-electron chi connectivity index (χ1n) is 9.49. The van der Waals surface area contributed by atoms with E-state index in [0.29, 0.717) is 0 Å². The second kappa shape index (κ2) is 8.78. The second-order valence-corrected chi connectivity index (χ2v) is 12.2. The molecule has 27 heavy (non-hydrogen) atoms. The third-order valence-electron chi connectivity index (χ3n) is 5.99. The Kier molecular flexibility index (Phi) is 8.78. The van der Waals surface area contributed by atoms with E-state index in [1.165, 1.54) is 5.57 Å². The van der Waals surface area contributed by atoms with Gasteiger partial charge in [0.2, 0.25) is 0 Å². The van der Waals surface area contributed by atoms with Crippen LogP contribution >= 0.6 is 24.8 Å². The van der Waals surface area contributed by atoms with Crippen molar-refractivity contribution in [3.05, 3.63) is 49.9 Å². The largest absolute Gasteiger partial charge is 0.147 e. The first kappa shape index (κ1) is 27.0. The van der Waals surface area contributed by atoms with Gasteiger partial charge in [0.15, 0.2) is 0 Å². The number of hydrogen-bond donors (Lipinski definition) is 0. The van der Waals surface area contributed by atoms with Crippen LogP contribution in [0.2, 0.25) is 0 Å². The maximum absolute atomic E-state index is 2.43. The molecule has 0 aromatic heterocycles. The molecule has 0 unspecified atom stereocenters. The molecular formula is C24H38Cl2Ti. The van der Waals surface area contributed by atoms with E-state index in [0.717, 1.165) is 0 Å². The number of allylic oxidation sites excluding steroid dienone is 4. The average Bonchev–Trinajstić information content (AvgIpc) is 2.60. The summed E-state index contributed by atoms with van der Waals surface area (Å²) in [5.41, 5.74) is 8.35. The quantitative estimate of drug-likeness (QED) is 0.414. The summed E-state index contributed by atoms with van der Waals surface area (Å²) in [6.45, 7) is 26.0. The van der Waals surface area contributed by atoms with E-state index in [1.807, 2.05) is 0 Å². The van der Waals surface area contributed by atoms with Gasteiger partial charge in [0.05, 0.1) is 0 Å². The zero-order valence-corrected chi connectivity index (χ0v) is 22.2. The van der Waals surface area contributed by atoms with Crippen molar-refractivity contribution in [3.8, 4) is 0 Å². The van der Waals surface area contributed by atoms with Gasteiger partial charge in [0, 0.05) is 0 Å². The smallest absolute Gasteiger partial charge is 0.147 e. The molecule has 0 fully saturated rings. The standard InChI is InChI=1S/C14H21.C10H15.2ClH.Ti/c1-13(2,3)11-8-7-9-12(10-11)14(4,5)6;1-7-6-10(4,5)9(3)8(7)2;;;/h7-9H,1-6H3;1-5H3;2*1H;. The van der Waals surface area contributed by atoms with Gasteiger partial charge in [-0.05, 0) is 0 Å². The van der Waals surface area contributed by atoms with Crippen molar-refractivity contribution < 1.29 is 19.2 Å². The molecule has 152 valence electrons. The van der Waals surface area contributed by atoms with Crippen molar-refractivity contribution in [1.29, 1.82) is 0 Å². The molecule has 1 aliphatic carbocycles. The Hall–Kier alpha value is -0.00571. The van der Waals surface area contributed by atoms with Crippen LogP contribution in [-0.4, -0.2) is 0 Å².